The molecule has 0 aromatic rings. The molecule has 1 fully saturated rings. The molecule has 1 N–H and O–H groups in total. The van der Waals surface area contributed by atoms with Crippen LogP contribution >= 0.6 is 0 Å². The van der Waals surface area contributed by atoms with Crippen molar-refractivity contribution in [2.75, 3.05) is 20.1 Å². The van der Waals surface area contributed by atoms with Crippen molar-refractivity contribution in [3.05, 3.63) is 0 Å². The fourth-order valence-corrected chi connectivity index (χ4v) is 1.63. The lowest BCUT2D eigenvalue weighted by atomic mass is 10.00. The van der Waals surface area contributed by atoms with Gasteiger partial charge < -0.3 is 10.0 Å². The van der Waals surface area contributed by atoms with Crippen LogP contribution in [0.25, 0.3) is 0 Å². The van der Waals surface area contributed by atoms with E-state index in [1.807, 2.05) is 7.05 Å². The Morgan fingerprint density at radius 1 is 1.46 bits per heavy atom. The van der Waals surface area contributed by atoms with Gasteiger partial charge in [-0.25, -0.2) is 0 Å². The molecular weight excluding hydrogens is 170 g/mol. The number of carboxylic acids is 1. The minimum atomic E-state index is -0.889. The molecule has 1 aliphatic rings. The summed E-state index contributed by atoms with van der Waals surface area (Å²) in [4.78, 5) is 23.7. The monoisotopic (exact) mass is 185 g/mol. The molecule has 13 heavy (non-hydrogen) atoms. The van der Waals surface area contributed by atoms with Crippen molar-refractivity contribution < 1.29 is 14.7 Å². The molecule has 0 aromatic carbocycles. The molecule has 1 saturated heterocycles. The maximum Gasteiger partial charge on any atom is 0.303 e. The van der Waals surface area contributed by atoms with E-state index < -0.39 is 5.97 Å². The van der Waals surface area contributed by atoms with Crippen LogP contribution in [0.1, 0.15) is 19.3 Å². The Balaban J connectivity index is 2.27. The number of hydrogen-bond acceptors (Lipinski definition) is 3. The standard InChI is InChI=1S/C9H15NO3/c1-10-5-4-7(6-10)8(11)2-3-9(12)13/h7H,2-6H2,1H3,(H,12,13). The van der Waals surface area contributed by atoms with Crippen LogP contribution in [-0.2, 0) is 9.59 Å². The summed E-state index contributed by atoms with van der Waals surface area (Å²) in [5.74, 6) is -0.712. The van der Waals surface area contributed by atoms with Gasteiger partial charge in [-0.2, -0.15) is 0 Å². The number of carbonyl (C=O) groups is 2. The van der Waals surface area contributed by atoms with Crippen LogP contribution in [0, 0.1) is 5.92 Å². The average Bonchev–Trinajstić information content (AvgIpc) is 2.47. The molecule has 0 aliphatic carbocycles. The van der Waals surface area contributed by atoms with Gasteiger partial charge in [-0.15, -0.1) is 0 Å². The third-order valence-corrected chi connectivity index (χ3v) is 2.43. The summed E-state index contributed by atoms with van der Waals surface area (Å²) in [6, 6.07) is 0. The number of hydrogen-bond donors (Lipinski definition) is 1. The van der Waals surface area contributed by atoms with E-state index in [2.05, 4.69) is 4.90 Å². The topological polar surface area (TPSA) is 57.6 Å². The Kier molecular flexibility index (Phi) is 3.42. The molecule has 0 radical (unpaired) electrons. The average molecular weight is 185 g/mol. The van der Waals surface area contributed by atoms with E-state index in [1.165, 1.54) is 0 Å². The number of likely N-dealkylation sites (tertiary alicyclic amines) is 1. The van der Waals surface area contributed by atoms with Crippen LogP contribution in [0.5, 0.6) is 0 Å². The van der Waals surface area contributed by atoms with Crippen molar-refractivity contribution in [3.63, 3.8) is 0 Å². The number of nitrogens with zero attached hydrogens (tertiary/aromatic N) is 1. The molecule has 0 bridgehead atoms. The molecular formula is C9H15NO3. The quantitative estimate of drug-likeness (QED) is 0.687. The lowest BCUT2D eigenvalue weighted by Gasteiger charge is -2.07. The van der Waals surface area contributed by atoms with Gasteiger partial charge in [0.05, 0.1) is 6.42 Å². The van der Waals surface area contributed by atoms with Gasteiger partial charge in [0, 0.05) is 18.9 Å². The molecule has 0 saturated carbocycles. The van der Waals surface area contributed by atoms with Crippen molar-refractivity contribution in [3.8, 4) is 0 Å². The number of aliphatic carboxylic acids is 1. The predicted octanol–water partition coefficient (Wildman–Crippen LogP) is 0.372. The van der Waals surface area contributed by atoms with Gasteiger partial charge in [0.1, 0.15) is 5.78 Å². The molecule has 4 nitrogen and oxygen atoms in total. The highest BCUT2D eigenvalue weighted by Crippen LogP contribution is 2.17. The van der Waals surface area contributed by atoms with E-state index in [4.69, 9.17) is 5.11 Å². The van der Waals surface area contributed by atoms with Crippen LogP contribution in [0.3, 0.4) is 0 Å². The van der Waals surface area contributed by atoms with Gasteiger partial charge in [0.25, 0.3) is 0 Å². The van der Waals surface area contributed by atoms with E-state index in [9.17, 15) is 9.59 Å². The van der Waals surface area contributed by atoms with Crippen molar-refractivity contribution in [1.82, 2.24) is 4.90 Å². The van der Waals surface area contributed by atoms with E-state index in [1.54, 1.807) is 0 Å². The summed E-state index contributed by atoms with van der Waals surface area (Å²) >= 11 is 0. The molecule has 4 heteroatoms. The van der Waals surface area contributed by atoms with E-state index in [0.29, 0.717) is 0 Å². The van der Waals surface area contributed by atoms with Crippen LogP contribution in [0.15, 0.2) is 0 Å². The Bertz CT molecular complexity index is 215. The maximum atomic E-state index is 11.4. The molecule has 0 amide bonds. The van der Waals surface area contributed by atoms with Gasteiger partial charge in [-0.1, -0.05) is 0 Å². The van der Waals surface area contributed by atoms with Crippen LogP contribution in [0.2, 0.25) is 0 Å². The first kappa shape index (κ1) is 10.2. The van der Waals surface area contributed by atoms with Crippen molar-refractivity contribution in [1.29, 1.82) is 0 Å². The van der Waals surface area contributed by atoms with E-state index in [-0.39, 0.29) is 24.5 Å². The first-order valence-electron chi connectivity index (χ1n) is 4.52. The summed E-state index contributed by atoms with van der Waals surface area (Å²) < 4.78 is 0. The predicted molar refractivity (Wildman–Crippen MR) is 47.5 cm³/mol. The lowest BCUT2D eigenvalue weighted by molar-refractivity contribution is -0.139. The van der Waals surface area contributed by atoms with Crippen molar-refractivity contribution >= 4 is 11.8 Å². The molecule has 1 aliphatic heterocycles. The number of Topliss-reactive ketones (excluding diaryl/α,β-unsaturated/α-hetero) is 1. The number of rotatable bonds is 4. The molecule has 1 rings (SSSR count). The molecule has 1 atom stereocenters. The van der Waals surface area contributed by atoms with Crippen molar-refractivity contribution in [2.24, 2.45) is 5.92 Å². The van der Waals surface area contributed by atoms with Crippen LogP contribution < -0.4 is 0 Å². The molecule has 1 unspecified atom stereocenters. The normalized spacial score (nSPS) is 23.3. The smallest absolute Gasteiger partial charge is 0.303 e. The number of carbonyl (C=O) groups excluding carboxylic acids is 1. The minimum Gasteiger partial charge on any atom is -0.481 e. The summed E-state index contributed by atoms with van der Waals surface area (Å²) in [6.07, 6.45) is 1.04. The fraction of sp³-hybridized carbons (Fsp3) is 0.778. The molecule has 74 valence electrons. The summed E-state index contributed by atoms with van der Waals surface area (Å²) in [5, 5.41) is 8.39. The summed E-state index contributed by atoms with van der Waals surface area (Å²) in [7, 11) is 1.98. The molecule has 1 heterocycles. The number of carboxylic acid groups (broad SMARTS) is 1. The first-order chi connectivity index (χ1) is 6.09. The second-order valence-corrected chi connectivity index (χ2v) is 3.61. The van der Waals surface area contributed by atoms with E-state index >= 15 is 0 Å². The highest BCUT2D eigenvalue weighted by molar-refractivity contribution is 5.84. The Labute approximate surface area is 77.5 Å². The van der Waals surface area contributed by atoms with Gasteiger partial charge in [-0.3, -0.25) is 9.59 Å². The SMILES string of the molecule is CN1CCC(C(=O)CCC(=O)O)C1. The first-order valence-corrected chi connectivity index (χ1v) is 4.52. The molecule has 0 aromatic heterocycles. The van der Waals surface area contributed by atoms with Gasteiger partial charge in [0.2, 0.25) is 0 Å². The second-order valence-electron chi connectivity index (χ2n) is 3.61. The third-order valence-electron chi connectivity index (χ3n) is 2.43. The van der Waals surface area contributed by atoms with Crippen molar-refractivity contribution in [2.45, 2.75) is 19.3 Å². The zero-order chi connectivity index (χ0) is 9.84. The van der Waals surface area contributed by atoms with E-state index in [0.717, 1.165) is 19.5 Å². The Morgan fingerprint density at radius 3 is 2.62 bits per heavy atom. The zero-order valence-corrected chi connectivity index (χ0v) is 7.82. The minimum absolute atomic E-state index is 0.0287. The lowest BCUT2D eigenvalue weighted by Crippen LogP contribution is -2.20. The third kappa shape index (κ3) is 3.14. The highest BCUT2D eigenvalue weighted by atomic mass is 16.4. The Morgan fingerprint density at radius 2 is 2.15 bits per heavy atom. The summed E-state index contributed by atoms with van der Waals surface area (Å²) in [5.41, 5.74) is 0. The number of ketones is 1. The fourth-order valence-electron chi connectivity index (χ4n) is 1.63. The van der Waals surface area contributed by atoms with Gasteiger partial charge in [0.15, 0.2) is 0 Å². The maximum absolute atomic E-state index is 11.4. The second kappa shape index (κ2) is 4.37. The Hall–Kier alpha value is -0.900. The van der Waals surface area contributed by atoms with Crippen LogP contribution in [0.4, 0.5) is 0 Å². The van der Waals surface area contributed by atoms with Crippen LogP contribution in [-0.4, -0.2) is 41.9 Å². The summed E-state index contributed by atoms with van der Waals surface area (Å²) in [6.45, 7) is 1.74. The van der Waals surface area contributed by atoms with Gasteiger partial charge >= 0.3 is 5.97 Å². The molecule has 0 spiro atoms. The largest absolute Gasteiger partial charge is 0.481 e. The van der Waals surface area contributed by atoms with Gasteiger partial charge in [-0.05, 0) is 20.0 Å². The highest BCUT2D eigenvalue weighted by Gasteiger charge is 2.25. The zero-order valence-electron chi connectivity index (χ0n) is 7.82.